The molecule has 5 rings (SSSR count). The number of aromatic nitrogens is 4. The van der Waals surface area contributed by atoms with Gasteiger partial charge in [-0.2, -0.15) is 5.10 Å². The Balaban J connectivity index is 1.38. The van der Waals surface area contributed by atoms with Gasteiger partial charge in [0, 0.05) is 19.1 Å². The molecule has 2 fully saturated rings. The molecule has 0 bridgehead atoms. The van der Waals surface area contributed by atoms with Crippen molar-refractivity contribution in [2.45, 2.75) is 44.3 Å². The molecule has 4 atom stereocenters. The fraction of sp³-hybridized carbons (Fsp3) is 0.450. The summed E-state index contributed by atoms with van der Waals surface area (Å²) in [5.41, 5.74) is 9.90. The summed E-state index contributed by atoms with van der Waals surface area (Å²) in [6.45, 7) is 2.00. The van der Waals surface area contributed by atoms with E-state index >= 15 is 0 Å². The number of fused-ring (bicyclic) bond motifs is 2. The van der Waals surface area contributed by atoms with Crippen molar-refractivity contribution in [3.8, 4) is 0 Å². The standard InChI is InChI=1S/C20H23Cl2N7/c1-10-17-19(23-9-24-20(17)29(2)28-10)25-12-4-6-16-13(8-12)18(27-26-16)11-3-5-14(21)15(22)7-11/h3,5,7,9,12-13,16,18,26-27H,4,6,8H2,1-2H3,(H,23,24,25). The summed E-state index contributed by atoms with van der Waals surface area (Å²) in [6.07, 6.45) is 4.80. The van der Waals surface area contributed by atoms with Gasteiger partial charge in [0.15, 0.2) is 5.65 Å². The number of halogens is 2. The highest BCUT2D eigenvalue weighted by molar-refractivity contribution is 6.42. The molecule has 3 N–H and O–H groups in total. The van der Waals surface area contributed by atoms with E-state index in [4.69, 9.17) is 23.2 Å². The summed E-state index contributed by atoms with van der Waals surface area (Å²) in [5.74, 6) is 1.32. The van der Waals surface area contributed by atoms with E-state index in [-0.39, 0.29) is 6.04 Å². The van der Waals surface area contributed by atoms with Crippen molar-refractivity contribution in [2.75, 3.05) is 5.32 Å². The van der Waals surface area contributed by atoms with Crippen molar-refractivity contribution in [3.05, 3.63) is 45.8 Å². The van der Waals surface area contributed by atoms with E-state index < -0.39 is 0 Å². The van der Waals surface area contributed by atoms with Crippen LogP contribution in [-0.2, 0) is 7.05 Å². The molecule has 0 spiro atoms. The van der Waals surface area contributed by atoms with Crippen molar-refractivity contribution in [1.29, 1.82) is 0 Å². The molecular weight excluding hydrogens is 409 g/mol. The lowest BCUT2D eigenvalue weighted by atomic mass is 9.77. The highest BCUT2D eigenvalue weighted by Crippen LogP contribution is 2.40. The van der Waals surface area contributed by atoms with Crippen molar-refractivity contribution in [1.82, 2.24) is 30.6 Å². The number of nitrogens with zero attached hydrogens (tertiary/aromatic N) is 4. The summed E-state index contributed by atoms with van der Waals surface area (Å²) >= 11 is 12.4. The topological polar surface area (TPSA) is 79.7 Å². The molecule has 1 saturated carbocycles. The first-order chi connectivity index (χ1) is 14.0. The minimum absolute atomic E-state index is 0.199. The maximum Gasteiger partial charge on any atom is 0.163 e. The maximum absolute atomic E-state index is 6.26. The molecule has 9 heteroatoms. The number of hydrazine groups is 1. The molecule has 3 heterocycles. The van der Waals surface area contributed by atoms with Crippen LogP contribution in [0, 0.1) is 12.8 Å². The van der Waals surface area contributed by atoms with E-state index in [2.05, 4.69) is 37.3 Å². The van der Waals surface area contributed by atoms with Crippen LogP contribution in [0.15, 0.2) is 24.5 Å². The fourth-order valence-electron chi connectivity index (χ4n) is 4.80. The minimum atomic E-state index is 0.199. The van der Waals surface area contributed by atoms with Crippen LogP contribution in [-0.4, -0.2) is 31.8 Å². The predicted molar refractivity (Wildman–Crippen MR) is 115 cm³/mol. The Kier molecular flexibility index (Phi) is 4.86. The van der Waals surface area contributed by atoms with Crippen LogP contribution in [0.2, 0.25) is 10.0 Å². The van der Waals surface area contributed by atoms with Crippen molar-refractivity contribution in [3.63, 3.8) is 0 Å². The van der Waals surface area contributed by atoms with Gasteiger partial charge in [-0.05, 0) is 49.8 Å². The van der Waals surface area contributed by atoms with Crippen LogP contribution < -0.4 is 16.2 Å². The lowest BCUT2D eigenvalue weighted by molar-refractivity contribution is 0.289. The smallest absolute Gasteiger partial charge is 0.163 e. The molecule has 1 aliphatic carbocycles. The first-order valence-corrected chi connectivity index (χ1v) is 10.6. The average molecular weight is 432 g/mol. The van der Waals surface area contributed by atoms with E-state index in [0.717, 1.165) is 47.4 Å². The summed E-state index contributed by atoms with van der Waals surface area (Å²) in [7, 11) is 1.91. The number of anilines is 1. The zero-order chi connectivity index (χ0) is 20.1. The first kappa shape index (κ1) is 19.1. The Morgan fingerprint density at radius 2 is 2.00 bits per heavy atom. The van der Waals surface area contributed by atoms with E-state index in [1.807, 2.05) is 26.1 Å². The molecule has 1 aliphatic heterocycles. The zero-order valence-electron chi connectivity index (χ0n) is 16.3. The van der Waals surface area contributed by atoms with Gasteiger partial charge in [-0.1, -0.05) is 29.3 Å². The van der Waals surface area contributed by atoms with E-state index in [9.17, 15) is 0 Å². The number of rotatable bonds is 3. The van der Waals surface area contributed by atoms with Gasteiger partial charge < -0.3 is 5.32 Å². The van der Waals surface area contributed by atoms with Gasteiger partial charge in [-0.15, -0.1) is 0 Å². The molecule has 0 radical (unpaired) electrons. The largest absolute Gasteiger partial charge is 0.367 e. The van der Waals surface area contributed by atoms with Crippen LogP contribution in [0.1, 0.15) is 36.6 Å². The third kappa shape index (κ3) is 3.36. The molecule has 2 aliphatic rings. The van der Waals surface area contributed by atoms with Gasteiger partial charge in [-0.25, -0.2) is 15.4 Å². The number of hydrogen-bond donors (Lipinski definition) is 3. The van der Waals surface area contributed by atoms with Gasteiger partial charge in [0.05, 0.1) is 27.2 Å². The average Bonchev–Trinajstić information content (AvgIpc) is 3.25. The van der Waals surface area contributed by atoms with Gasteiger partial charge in [0.2, 0.25) is 0 Å². The highest BCUT2D eigenvalue weighted by atomic mass is 35.5. The molecule has 1 saturated heterocycles. The Morgan fingerprint density at radius 3 is 2.83 bits per heavy atom. The van der Waals surface area contributed by atoms with Crippen LogP contribution in [0.25, 0.3) is 11.0 Å². The molecule has 0 amide bonds. The van der Waals surface area contributed by atoms with Gasteiger partial charge in [-0.3, -0.25) is 10.1 Å². The maximum atomic E-state index is 6.26. The van der Waals surface area contributed by atoms with Crippen molar-refractivity contribution in [2.24, 2.45) is 13.0 Å². The molecule has 4 unspecified atom stereocenters. The molecule has 2 aromatic heterocycles. The fourth-order valence-corrected chi connectivity index (χ4v) is 5.11. The molecule has 29 heavy (non-hydrogen) atoms. The van der Waals surface area contributed by atoms with Crippen LogP contribution in [0.5, 0.6) is 0 Å². The summed E-state index contributed by atoms with van der Waals surface area (Å²) < 4.78 is 1.81. The minimum Gasteiger partial charge on any atom is -0.367 e. The van der Waals surface area contributed by atoms with Crippen molar-refractivity contribution >= 4 is 40.1 Å². The first-order valence-electron chi connectivity index (χ1n) is 9.88. The lowest BCUT2D eigenvalue weighted by Gasteiger charge is -2.34. The Labute approximate surface area is 179 Å². The van der Waals surface area contributed by atoms with E-state index in [0.29, 0.717) is 28.0 Å². The van der Waals surface area contributed by atoms with Crippen LogP contribution in [0.3, 0.4) is 0 Å². The third-order valence-electron chi connectivity index (χ3n) is 6.19. The molecular formula is C20H23Cl2N7. The van der Waals surface area contributed by atoms with Crippen molar-refractivity contribution < 1.29 is 0 Å². The Hall–Kier alpha value is -1.93. The van der Waals surface area contributed by atoms with Crippen LogP contribution in [0.4, 0.5) is 5.82 Å². The predicted octanol–water partition coefficient (Wildman–Crippen LogP) is 3.78. The van der Waals surface area contributed by atoms with Gasteiger partial charge in [0.1, 0.15) is 12.1 Å². The monoisotopic (exact) mass is 431 g/mol. The SMILES string of the molecule is Cc1nn(C)c2ncnc(NC3CCC4NNC(c5ccc(Cl)c(Cl)c5)C4C3)c12. The van der Waals surface area contributed by atoms with Crippen LogP contribution >= 0.6 is 23.2 Å². The molecule has 7 nitrogen and oxygen atoms in total. The summed E-state index contributed by atoms with van der Waals surface area (Å²) in [6, 6.07) is 6.87. The normalized spacial score (nSPS) is 26.6. The summed E-state index contributed by atoms with van der Waals surface area (Å²) in [4.78, 5) is 8.90. The third-order valence-corrected chi connectivity index (χ3v) is 6.93. The second kappa shape index (κ2) is 7.40. The second-order valence-corrected chi connectivity index (χ2v) is 8.81. The Morgan fingerprint density at radius 1 is 1.14 bits per heavy atom. The van der Waals surface area contributed by atoms with Gasteiger partial charge >= 0.3 is 0 Å². The number of nitrogens with one attached hydrogen (secondary N) is 3. The van der Waals surface area contributed by atoms with E-state index in [1.165, 1.54) is 0 Å². The number of hydrogen-bond acceptors (Lipinski definition) is 6. The van der Waals surface area contributed by atoms with E-state index in [1.54, 1.807) is 11.0 Å². The lowest BCUT2D eigenvalue weighted by Crippen LogP contribution is -2.39. The Bertz CT molecular complexity index is 1070. The highest BCUT2D eigenvalue weighted by Gasteiger charge is 2.41. The number of aryl methyl sites for hydroxylation is 2. The summed E-state index contributed by atoms with van der Waals surface area (Å²) in [5, 5.41) is 10.3. The molecule has 1 aromatic carbocycles. The molecule has 152 valence electrons. The quantitative estimate of drug-likeness (QED) is 0.585. The molecule has 3 aromatic rings. The van der Waals surface area contributed by atoms with Gasteiger partial charge in [0.25, 0.3) is 0 Å². The zero-order valence-corrected chi connectivity index (χ0v) is 17.8. The number of benzene rings is 1. The second-order valence-electron chi connectivity index (χ2n) is 7.99.